The van der Waals surface area contributed by atoms with Crippen LogP contribution in [0.15, 0.2) is 36.4 Å². The van der Waals surface area contributed by atoms with Gasteiger partial charge in [0.05, 0.1) is 46.5 Å². The van der Waals surface area contributed by atoms with E-state index >= 15 is 0 Å². The molecule has 0 saturated heterocycles. The fraction of sp³-hybridized carbons (Fsp3) is 0.300. The summed E-state index contributed by atoms with van der Waals surface area (Å²) in [6.07, 6.45) is -0.312. The molecule has 1 amide bonds. The van der Waals surface area contributed by atoms with E-state index in [-0.39, 0.29) is 12.0 Å². The molecule has 1 unspecified atom stereocenters. The van der Waals surface area contributed by atoms with Gasteiger partial charge in [0.1, 0.15) is 11.5 Å². The molecule has 0 heterocycles. The van der Waals surface area contributed by atoms with Crippen LogP contribution in [0.25, 0.3) is 0 Å². The lowest BCUT2D eigenvalue weighted by Gasteiger charge is -2.20. The number of carbonyl (C=O) groups excluding carboxylic acids is 1. The highest BCUT2D eigenvalue weighted by molar-refractivity contribution is 5.97. The minimum absolute atomic E-state index is 0.234. The molecule has 0 aromatic heterocycles. The van der Waals surface area contributed by atoms with Gasteiger partial charge in [0.25, 0.3) is 5.91 Å². The lowest BCUT2D eigenvalue weighted by Crippen LogP contribution is -2.30. The van der Waals surface area contributed by atoms with Crippen LogP contribution < -0.4 is 24.3 Å². The van der Waals surface area contributed by atoms with E-state index in [2.05, 4.69) is 5.32 Å². The number of ether oxygens (including phenoxy) is 4. The average molecular weight is 389 g/mol. The SMILES string of the molecule is COc1ccc(OC)c(C(=O)NC(CC(=O)O)c2ccc(OC)c(OC)c2)c1. The molecule has 0 aliphatic rings. The number of carbonyl (C=O) groups is 2. The van der Waals surface area contributed by atoms with Crippen molar-refractivity contribution in [2.75, 3.05) is 28.4 Å². The summed E-state index contributed by atoms with van der Waals surface area (Å²) in [6, 6.07) is 8.98. The van der Waals surface area contributed by atoms with Gasteiger partial charge in [0.15, 0.2) is 11.5 Å². The van der Waals surface area contributed by atoms with Gasteiger partial charge in [-0.1, -0.05) is 6.07 Å². The minimum Gasteiger partial charge on any atom is -0.497 e. The lowest BCUT2D eigenvalue weighted by molar-refractivity contribution is -0.137. The van der Waals surface area contributed by atoms with E-state index in [0.717, 1.165) is 0 Å². The fourth-order valence-corrected chi connectivity index (χ4v) is 2.72. The first kappa shape index (κ1) is 20.9. The highest BCUT2D eigenvalue weighted by Gasteiger charge is 2.22. The van der Waals surface area contributed by atoms with E-state index in [1.54, 1.807) is 30.3 Å². The predicted octanol–water partition coefficient (Wildman–Crippen LogP) is 2.67. The number of aliphatic carboxylic acids is 1. The van der Waals surface area contributed by atoms with E-state index in [1.165, 1.54) is 34.5 Å². The maximum absolute atomic E-state index is 12.8. The topological polar surface area (TPSA) is 103 Å². The summed E-state index contributed by atoms with van der Waals surface area (Å²) >= 11 is 0. The molecule has 0 aliphatic carbocycles. The van der Waals surface area contributed by atoms with E-state index in [1.807, 2.05) is 0 Å². The second-order valence-electron chi connectivity index (χ2n) is 5.80. The smallest absolute Gasteiger partial charge is 0.305 e. The molecule has 2 N–H and O–H groups in total. The van der Waals surface area contributed by atoms with Crippen LogP contribution in [0.2, 0.25) is 0 Å². The standard InChI is InChI=1S/C20H23NO7/c1-25-13-6-8-16(26-2)14(10-13)20(24)21-15(11-19(22)23)12-5-7-17(27-3)18(9-12)28-4/h5-10,15H,11H2,1-4H3,(H,21,24)(H,22,23). The normalized spacial score (nSPS) is 11.3. The van der Waals surface area contributed by atoms with Crippen LogP contribution in [0, 0.1) is 0 Å². The zero-order valence-corrected chi connectivity index (χ0v) is 16.1. The molecule has 0 aliphatic heterocycles. The molecule has 1 atom stereocenters. The molecule has 0 spiro atoms. The lowest BCUT2D eigenvalue weighted by atomic mass is 10.0. The van der Waals surface area contributed by atoms with Gasteiger partial charge < -0.3 is 29.4 Å². The van der Waals surface area contributed by atoms with Gasteiger partial charge in [-0.2, -0.15) is 0 Å². The van der Waals surface area contributed by atoms with E-state index in [0.29, 0.717) is 28.6 Å². The van der Waals surface area contributed by atoms with Crippen molar-refractivity contribution in [2.45, 2.75) is 12.5 Å². The predicted molar refractivity (Wildman–Crippen MR) is 102 cm³/mol. The molecule has 0 radical (unpaired) electrons. The van der Waals surface area contributed by atoms with E-state index in [4.69, 9.17) is 18.9 Å². The molecule has 150 valence electrons. The Labute approximate surface area is 163 Å². The quantitative estimate of drug-likeness (QED) is 0.679. The number of nitrogens with one attached hydrogen (secondary N) is 1. The number of hydrogen-bond acceptors (Lipinski definition) is 6. The Morgan fingerprint density at radius 3 is 2.11 bits per heavy atom. The summed E-state index contributed by atoms with van der Waals surface area (Å²) in [7, 11) is 5.92. The second-order valence-corrected chi connectivity index (χ2v) is 5.80. The third-order valence-corrected chi connectivity index (χ3v) is 4.15. The monoisotopic (exact) mass is 389 g/mol. The molecule has 0 bridgehead atoms. The summed E-state index contributed by atoms with van der Waals surface area (Å²) in [6.45, 7) is 0. The third kappa shape index (κ3) is 4.85. The molecule has 0 fully saturated rings. The summed E-state index contributed by atoms with van der Waals surface area (Å²) in [4.78, 5) is 24.2. The van der Waals surface area contributed by atoms with Crippen LogP contribution in [0.3, 0.4) is 0 Å². The Morgan fingerprint density at radius 1 is 0.893 bits per heavy atom. The number of rotatable bonds is 9. The molecule has 8 heteroatoms. The van der Waals surface area contributed by atoms with Crippen molar-refractivity contribution in [1.82, 2.24) is 5.32 Å². The first-order valence-electron chi connectivity index (χ1n) is 8.40. The number of carboxylic acid groups (broad SMARTS) is 1. The Bertz CT molecular complexity index is 850. The number of carboxylic acids is 1. The Balaban J connectivity index is 2.37. The van der Waals surface area contributed by atoms with Crippen molar-refractivity contribution < 1.29 is 33.6 Å². The molecule has 2 aromatic carbocycles. The van der Waals surface area contributed by atoms with Crippen molar-refractivity contribution in [2.24, 2.45) is 0 Å². The first-order chi connectivity index (χ1) is 13.4. The number of methoxy groups -OCH3 is 4. The summed E-state index contributed by atoms with van der Waals surface area (Å²) in [5.41, 5.74) is 0.799. The van der Waals surface area contributed by atoms with E-state index in [9.17, 15) is 14.7 Å². The summed E-state index contributed by atoms with van der Waals surface area (Å²) in [5.74, 6) is 0.214. The van der Waals surface area contributed by atoms with Gasteiger partial charge >= 0.3 is 5.97 Å². The molecular weight excluding hydrogens is 366 g/mol. The highest BCUT2D eigenvalue weighted by atomic mass is 16.5. The molecule has 0 saturated carbocycles. The van der Waals surface area contributed by atoms with Crippen molar-refractivity contribution in [3.8, 4) is 23.0 Å². The highest BCUT2D eigenvalue weighted by Crippen LogP contribution is 2.31. The van der Waals surface area contributed by atoms with Crippen LogP contribution in [0.4, 0.5) is 0 Å². The van der Waals surface area contributed by atoms with Crippen LogP contribution in [-0.2, 0) is 4.79 Å². The molecule has 2 aromatic rings. The average Bonchev–Trinajstić information content (AvgIpc) is 2.71. The van der Waals surface area contributed by atoms with Crippen molar-refractivity contribution in [1.29, 1.82) is 0 Å². The van der Waals surface area contributed by atoms with Crippen LogP contribution >= 0.6 is 0 Å². The van der Waals surface area contributed by atoms with Crippen molar-refractivity contribution >= 4 is 11.9 Å². The Morgan fingerprint density at radius 2 is 1.54 bits per heavy atom. The second kappa shape index (κ2) is 9.50. The van der Waals surface area contributed by atoms with Crippen molar-refractivity contribution in [3.05, 3.63) is 47.5 Å². The van der Waals surface area contributed by atoms with Gasteiger partial charge in [0, 0.05) is 0 Å². The maximum atomic E-state index is 12.8. The first-order valence-corrected chi connectivity index (χ1v) is 8.40. The van der Waals surface area contributed by atoms with Gasteiger partial charge in [-0.25, -0.2) is 0 Å². The van der Waals surface area contributed by atoms with E-state index < -0.39 is 17.9 Å². The summed E-state index contributed by atoms with van der Waals surface area (Å²) in [5, 5.41) is 12.0. The number of benzene rings is 2. The van der Waals surface area contributed by atoms with Gasteiger partial charge in [-0.3, -0.25) is 9.59 Å². The Kier molecular flexibility index (Phi) is 7.08. The van der Waals surface area contributed by atoms with Crippen LogP contribution in [0.1, 0.15) is 28.4 Å². The zero-order valence-electron chi connectivity index (χ0n) is 16.1. The largest absolute Gasteiger partial charge is 0.497 e. The van der Waals surface area contributed by atoms with Gasteiger partial charge in [0.2, 0.25) is 0 Å². The van der Waals surface area contributed by atoms with Gasteiger partial charge in [-0.05, 0) is 35.9 Å². The number of hydrogen-bond donors (Lipinski definition) is 2. The molecular formula is C20H23NO7. The molecule has 2 rings (SSSR count). The van der Waals surface area contributed by atoms with Crippen LogP contribution in [0.5, 0.6) is 23.0 Å². The molecule has 8 nitrogen and oxygen atoms in total. The maximum Gasteiger partial charge on any atom is 0.305 e. The molecule has 28 heavy (non-hydrogen) atoms. The van der Waals surface area contributed by atoms with Crippen molar-refractivity contribution in [3.63, 3.8) is 0 Å². The zero-order chi connectivity index (χ0) is 20.7. The summed E-state index contributed by atoms with van der Waals surface area (Å²) < 4.78 is 20.9. The third-order valence-electron chi connectivity index (χ3n) is 4.15. The van der Waals surface area contributed by atoms with Crippen LogP contribution in [-0.4, -0.2) is 45.4 Å². The number of amides is 1. The Hall–Kier alpha value is -3.42. The van der Waals surface area contributed by atoms with Gasteiger partial charge in [-0.15, -0.1) is 0 Å². The minimum atomic E-state index is -1.06. The fourth-order valence-electron chi connectivity index (χ4n) is 2.72.